The Balaban J connectivity index is 0.000000443. The van der Waals surface area contributed by atoms with Crippen LogP contribution in [-0.2, 0) is 0 Å². The van der Waals surface area contributed by atoms with Crippen molar-refractivity contribution in [2.24, 2.45) is 0 Å². The van der Waals surface area contributed by atoms with Crippen LogP contribution in [0.4, 0.5) is 0 Å². The predicted octanol–water partition coefficient (Wildman–Crippen LogP) is 1.97. The smallest absolute Gasteiger partial charge is 0.545 e. The second-order valence-electron chi connectivity index (χ2n) is 6.14. The van der Waals surface area contributed by atoms with Gasteiger partial charge in [-0.25, -0.2) is 0 Å². The van der Waals surface area contributed by atoms with Crippen LogP contribution in [0.1, 0.15) is 71.4 Å². The van der Waals surface area contributed by atoms with Crippen LogP contribution in [0, 0.1) is 0 Å². The van der Waals surface area contributed by atoms with Gasteiger partial charge in [0.25, 0.3) is 0 Å². The fourth-order valence-corrected chi connectivity index (χ4v) is 2.05. The van der Waals surface area contributed by atoms with Crippen molar-refractivity contribution >= 4 is 39.2 Å². The minimum Gasteiger partial charge on any atom is -0.545 e. The van der Waals surface area contributed by atoms with Gasteiger partial charge in [-0.3, -0.25) is 0 Å². The van der Waals surface area contributed by atoms with E-state index in [1.807, 2.05) is 39.8 Å². The Morgan fingerprint density at radius 3 is 1.28 bits per heavy atom. The normalized spacial score (nSPS) is 9.84. The third-order valence-electron chi connectivity index (χ3n) is 3.58. The SMILES string of the molecule is CC(C)c1cccc(C(=O)[O-])c1.CC(C)c1cccc(C(=O)[O-])c1.[Pb+2]. The summed E-state index contributed by atoms with van der Waals surface area (Å²) in [5.74, 6) is -1.52. The van der Waals surface area contributed by atoms with Crippen molar-refractivity contribution in [3.05, 3.63) is 70.8 Å². The number of benzene rings is 2. The maximum atomic E-state index is 10.5. The Morgan fingerprint density at radius 1 is 0.720 bits per heavy atom. The molecule has 0 aliphatic heterocycles. The van der Waals surface area contributed by atoms with Gasteiger partial charge in [0, 0.05) is 0 Å². The van der Waals surface area contributed by atoms with Crippen LogP contribution in [0.15, 0.2) is 48.5 Å². The molecule has 0 saturated heterocycles. The predicted molar refractivity (Wildman–Crippen MR) is 95.5 cm³/mol. The molecule has 0 atom stereocenters. The minimum atomic E-state index is -1.11. The van der Waals surface area contributed by atoms with Crippen molar-refractivity contribution < 1.29 is 19.8 Å². The standard InChI is InChI=1S/2C10H12O2.Pb/c2*1-7(2)8-4-3-5-9(6-8)10(11)12;/h2*3-7H,1-2H3,(H,11,12);/q;;+2/p-2. The van der Waals surface area contributed by atoms with Gasteiger partial charge in [-0.05, 0) is 46.2 Å². The number of carboxylic acids is 2. The molecule has 2 aromatic carbocycles. The zero-order valence-electron chi connectivity index (χ0n) is 14.9. The van der Waals surface area contributed by atoms with Crippen LogP contribution in [0.3, 0.4) is 0 Å². The first-order chi connectivity index (χ1) is 11.2. The van der Waals surface area contributed by atoms with Crippen LogP contribution in [0.5, 0.6) is 0 Å². The van der Waals surface area contributed by atoms with Crippen molar-refractivity contribution in [2.75, 3.05) is 0 Å². The minimum absolute atomic E-state index is 0. The first kappa shape index (κ1) is 23.3. The molecule has 0 fully saturated rings. The van der Waals surface area contributed by atoms with E-state index in [2.05, 4.69) is 0 Å². The number of carboxylic acid groups (broad SMARTS) is 2. The van der Waals surface area contributed by atoms with Crippen molar-refractivity contribution in [1.29, 1.82) is 0 Å². The molecule has 2 aromatic rings. The van der Waals surface area contributed by atoms with E-state index in [4.69, 9.17) is 0 Å². The number of carbonyl (C=O) groups excluding carboxylic acids is 2. The van der Waals surface area contributed by atoms with Gasteiger partial charge in [-0.15, -0.1) is 0 Å². The first-order valence-electron chi connectivity index (χ1n) is 7.85. The van der Waals surface area contributed by atoms with Crippen molar-refractivity contribution in [3.63, 3.8) is 0 Å². The van der Waals surface area contributed by atoms with Gasteiger partial charge in [-0.1, -0.05) is 64.1 Å². The Morgan fingerprint density at radius 2 is 1.04 bits per heavy atom. The molecule has 5 heteroatoms. The van der Waals surface area contributed by atoms with Crippen LogP contribution >= 0.6 is 0 Å². The quantitative estimate of drug-likeness (QED) is 0.563. The Bertz CT molecular complexity index is 647. The number of aromatic carboxylic acids is 2. The third-order valence-corrected chi connectivity index (χ3v) is 3.58. The molecule has 0 spiro atoms. The molecule has 2 rings (SSSR count). The van der Waals surface area contributed by atoms with Crippen LogP contribution in [-0.4, -0.2) is 39.2 Å². The number of rotatable bonds is 4. The van der Waals surface area contributed by atoms with E-state index < -0.39 is 11.9 Å². The summed E-state index contributed by atoms with van der Waals surface area (Å²) in [6.45, 7) is 8.09. The van der Waals surface area contributed by atoms with Crippen LogP contribution in [0.25, 0.3) is 0 Å². The van der Waals surface area contributed by atoms with E-state index >= 15 is 0 Å². The van der Waals surface area contributed by atoms with E-state index in [1.165, 1.54) is 0 Å². The van der Waals surface area contributed by atoms with Gasteiger partial charge in [0.2, 0.25) is 0 Å². The van der Waals surface area contributed by atoms with Crippen LogP contribution in [0.2, 0.25) is 0 Å². The first-order valence-corrected chi connectivity index (χ1v) is 7.85. The van der Waals surface area contributed by atoms with Crippen LogP contribution < -0.4 is 10.2 Å². The molecule has 25 heavy (non-hydrogen) atoms. The van der Waals surface area contributed by atoms with E-state index in [9.17, 15) is 19.8 Å². The molecule has 0 saturated carbocycles. The Labute approximate surface area is 169 Å². The summed E-state index contributed by atoms with van der Waals surface area (Å²) in [7, 11) is 0. The zero-order valence-corrected chi connectivity index (χ0v) is 18.8. The molecule has 130 valence electrons. The van der Waals surface area contributed by atoms with Gasteiger partial charge in [0.1, 0.15) is 0 Å². The van der Waals surface area contributed by atoms with Crippen molar-refractivity contribution in [3.8, 4) is 0 Å². The second kappa shape index (κ2) is 11.0. The third kappa shape index (κ3) is 7.81. The van der Waals surface area contributed by atoms with E-state index in [1.54, 1.807) is 36.4 Å². The summed E-state index contributed by atoms with van der Waals surface area (Å²) >= 11 is 0. The second-order valence-corrected chi connectivity index (χ2v) is 6.14. The molecule has 0 unspecified atom stereocenters. The summed E-state index contributed by atoms with van der Waals surface area (Å²) in [5, 5.41) is 20.9. The molecular weight excluding hydrogens is 511 g/mol. The van der Waals surface area contributed by atoms with E-state index in [0.717, 1.165) is 11.1 Å². The van der Waals surface area contributed by atoms with Crippen molar-refractivity contribution in [1.82, 2.24) is 0 Å². The number of hydrogen-bond donors (Lipinski definition) is 0. The van der Waals surface area contributed by atoms with Crippen molar-refractivity contribution in [2.45, 2.75) is 39.5 Å². The molecule has 0 N–H and O–H groups in total. The van der Waals surface area contributed by atoms with E-state index in [-0.39, 0.29) is 38.4 Å². The Hall–Kier alpha value is -1.70. The average molecular weight is 534 g/mol. The summed E-state index contributed by atoms with van der Waals surface area (Å²) in [6.07, 6.45) is 0. The zero-order chi connectivity index (χ0) is 18.3. The average Bonchev–Trinajstić information content (AvgIpc) is 2.55. The maximum absolute atomic E-state index is 10.5. The molecule has 0 amide bonds. The molecule has 0 aliphatic carbocycles. The van der Waals surface area contributed by atoms with E-state index in [0.29, 0.717) is 11.8 Å². The van der Waals surface area contributed by atoms with Gasteiger partial charge >= 0.3 is 27.3 Å². The maximum Gasteiger partial charge on any atom is 2.00 e. The monoisotopic (exact) mass is 534 g/mol. The number of carbonyl (C=O) groups is 2. The molecule has 0 aliphatic rings. The Kier molecular flexibility index (Phi) is 10.3. The molecular formula is C20H22O4Pb. The fraction of sp³-hybridized carbons (Fsp3) is 0.300. The molecule has 2 radical (unpaired) electrons. The number of hydrogen-bond acceptors (Lipinski definition) is 4. The summed E-state index contributed by atoms with van der Waals surface area (Å²) in [5.41, 5.74) is 2.55. The molecule has 0 aromatic heterocycles. The largest absolute Gasteiger partial charge is 2.00 e. The summed E-state index contributed by atoms with van der Waals surface area (Å²) in [6, 6.07) is 13.7. The van der Waals surface area contributed by atoms with Gasteiger partial charge in [0.05, 0.1) is 11.9 Å². The summed E-state index contributed by atoms with van der Waals surface area (Å²) in [4.78, 5) is 20.9. The molecule has 0 heterocycles. The molecule has 0 bridgehead atoms. The summed E-state index contributed by atoms with van der Waals surface area (Å²) < 4.78 is 0. The fourth-order valence-electron chi connectivity index (χ4n) is 2.05. The van der Waals surface area contributed by atoms with Gasteiger partial charge in [-0.2, -0.15) is 0 Å². The molecule has 4 nitrogen and oxygen atoms in total. The van der Waals surface area contributed by atoms with Gasteiger partial charge in [0.15, 0.2) is 0 Å². The topological polar surface area (TPSA) is 80.3 Å². The van der Waals surface area contributed by atoms with Gasteiger partial charge < -0.3 is 19.8 Å².